The van der Waals surface area contributed by atoms with Crippen LogP contribution in [0.3, 0.4) is 0 Å². The van der Waals surface area contributed by atoms with Crippen molar-refractivity contribution in [2.75, 3.05) is 5.75 Å². The Hall–Kier alpha value is -1.06. The molecule has 2 nitrogen and oxygen atoms in total. The van der Waals surface area contributed by atoms with Gasteiger partial charge in [-0.1, -0.05) is 24.3 Å². The van der Waals surface area contributed by atoms with E-state index in [1.807, 2.05) is 24.2 Å². The molecule has 0 aliphatic carbocycles. The van der Waals surface area contributed by atoms with Crippen molar-refractivity contribution >= 4 is 22.5 Å². The Balaban J connectivity index is 2.09. The van der Waals surface area contributed by atoms with Gasteiger partial charge < -0.3 is 0 Å². The molecule has 2 unspecified atom stereocenters. The molecule has 1 aliphatic rings. The Morgan fingerprint density at radius 1 is 1.31 bits per heavy atom. The number of nitrogens with zero attached hydrogens (tertiary/aromatic N) is 1. The van der Waals surface area contributed by atoms with Gasteiger partial charge in [0.1, 0.15) is 0 Å². The summed E-state index contributed by atoms with van der Waals surface area (Å²) in [6.45, 7) is 2.23. The van der Waals surface area contributed by atoms with Gasteiger partial charge in [-0.15, -0.1) is 11.8 Å². The number of hydrogen-bond donors (Lipinski definition) is 1. The van der Waals surface area contributed by atoms with Gasteiger partial charge in [0, 0.05) is 35.1 Å². The van der Waals surface area contributed by atoms with Crippen molar-refractivity contribution in [1.82, 2.24) is 10.3 Å². The molecule has 2 atom stereocenters. The molecule has 2 aromatic rings. The first kappa shape index (κ1) is 10.1. The fraction of sp³-hybridized carbons (Fsp3) is 0.308. The maximum atomic E-state index is 4.33. The number of benzene rings is 1. The van der Waals surface area contributed by atoms with Crippen LogP contribution in [0, 0.1) is 0 Å². The van der Waals surface area contributed by atoms with Crippen LogP contribution in [-0.4, -0.2) is 16.8 Å². The summed E-state index contributed by atoms with van der Waals surface area (Å²) in [6, 6.07) is 9.04. The van der Waals surface area contributed by atoms with Crippen LogP contribution in [0.15, 0.2) is 36.7 Å². The lowest BCUT2D eigenvalue weighted by Gasteiger charge is -2.13. The lowest BCUT2D eigenvalue weighted by atomic mass is 10.1. The maximum absolute atomic E-state index is 4.33. The van der Waals surface area contributed by atoms with Gasteiger partial charge in [0.2, 0.25) is 0 Å². The molecule has 0 radical (unpaired) electrons. The number of rotatable bonds is 1. The van der Waals surface area contributed by atoms with E-state index in [-0.39, 0.29) is 0 Å². The quantitative estimate of drug-likeness (QED) is 0.815. The number of fused-ring (bicyclic) bond motifs is 1. The van der Waals surface area contributed by atoms with Gasteiger partial charge in [-0.05, 0) is 12.3 Å². The minimum atomic E-state index is 0.397. The largest absolute Gasteiger partial charge is 0.298 e. The highest BCUT2D eigenvalue weighted by atomic mass is 32.2. The van der Waals surface area contributed by atoms with E-state index in [2.05, 4.69) is 41.5 Å². The molecule has 3 rings (SSSR count). The molecule has 0 saturated carbocycles. The molecule has 2 heterocycles. The number of aromatic nitrogens is 1. The summed E-state index contributed by atoms with van der Waals surface area (Å²) in [5.74, 6) is 1.17. The van der Waals surface area contributed by atoms with E-state index in [1.54, 1.807) is 0 Å². The van der Waals surface area contributed by atoms with Crippen LogP contribution < -0.4 is 5.32 Å². The number of thioether (sulfide) groups is 1. The molecule has 3 heteroatoms. The van der Waals surface area contributed by atoms with E-state index < -0.39 is 0 Å². The normalized spacial score (nSPS) is 25.1. The molecule has 0 bridgehead atoms. The first-order valence-electron chi connectivity index (χ1n) is 5.55. The third kappa shape index (κ3) is 1.70. The lowest BCUT2D eigenvalue weighted by molar-refractivity contribution is 0.619. The number of pyridine rings is 1. The summed E-state index contributed by atoms with van der Waals surface area (Å²) in [5, 5.41) is 6.52. The third-order valence-electron chi connectivity index (χ3n) is 2.93. The summed E-state index contributed by atoms with van der Waals surface area (Å²) in [5.41, 5.74) is 1.31. The predicted molar refractivity (Wildman–Crippen MR) is 69.5 cm³/mol. The van der Waals surface area contributed by atoms with Crippen LogP contribution in [0.2, 0.25) is 0 Å². The van der Waals surface area contributed by atoms with Crippen molar-refractivity contribution in [1.29, 1.82) is 0 Å². The van der Waals surface area contributed by atoms with Gasteiger partial charge in [0.25, 0.3) is 0 Å². The maximum Gasteiger partial charge on any atom is 0.0813 e. The monoisotopic (exact) mass is 230 g/mol. The van der Waals surface area contributed by atoms with Gasteiger partial charge >= 0.3 is 0 Å². The second-order valence-electron chi connectivity index (χ2n) is 4.23. The SMILES string of the molecule is CC1CSC(c2cncc3ccccc23)N1. The summed E-state index contributed by atoms with van der Waals surface area (Å²) in [4.78, 5) is 4.33. The fourth-order valence-corrected chi connectivity index (χ4v) is 3.40. The molecule has 0 amide bonds. The zero-order chi connectivity index (χ0) is 11.0. The Morgan fingerprint density at radius 2 is 2.19 bits per heavy atom. The fourth-order valence-electron chi connectivity index (χ4n) is 2.12. The van der Waals surface area contributed by atoms with Gasteiger partial charge in [-0.2, -0.15) is 0 Å². The molecule has 1 fully saturated rings. The van der Waals surface area contributed by atoms with E-state index >= 15 is 0 Å². The number of nitrogens with one attached hydrogen (secondary N) is 1. The third-order valence-corrected chi connectivity index (χ3v) is 4.35. The molecule has 0 spiro atoms. The van der Waals surface area contributed by atoms with Crippen molar-refractivity contribution in [2.45, 2.75) is 18.3 Å². The van der Waals surface area contributed by atoms with Gasteiger partial charge in [-0.25, -0.2) is 0 Å². The molecule has 1 aromatic carbocycles. The van der Waals surface area contributed by atoms with Crippen LogP contribution in [0.4, 0.5) is 0 Å². The topological polar surface area (TPSA) is 24.9 Å². The molecule has 1 N–H and O–H groups in total. The van der Waals surface area contributed by atoms with E-state index in [1.165, 1.54) is 22.1 Å². The Labute approximate surface area is 99.5 Å². The lowest BCUT2D eigenvalue weighted by Crippen LogP contribution is -2.22. The molecular formula is C13H14N2S. The van der Waals surface area contributed by atoms with Gasteiger partial charge in [0.05, 0.1) is 5.37 Å². The van der Waals surface area contributed by atoms with Crippen LogP contribution in [-0.2, 0) is 0 Å². The van der Waals surface area contributed by atoms with E-state index in [9.17, 15) is 0 Å². The highest BCUT2D eigenvalue weighted by Gasteiger charge is 2.23. The Kier molecular flexibility index (Phi) is 2.58. The summed E-state index contributed by atoms with van der Waals surface area (Å²) in [6.07, 6.45) is 3.92. The average Bonchev–Trinajstić information content (AvgIpc) is 2.75. The van der Waals surface area contributed by atoms with Crippen LogP contribution >= 0.6 is 11.8 Å². The first-order chi connectivity index (χ1) is 7.84. The summed E-state index contributed by atoms with van der Waals surface area (Å²) < 4.78 is 0. The standard InChI is InChI=1S/C13H14N2S/c1-9-8-16-13(15-9)12-7-14-6-10-4-2-3-5-11(10)12/h2-7,9,13,15H,8H2,1H3. The number of hydrogen-bond acceptors (Lipinski definition) is 3. The molecular weight excluding hydrogens is 216 g/mol. The van der Waals surface area contributed by atoms with Gasteiger partial charge in [-0.3, -0.25) is 10.3 Å². The van der Waals surface area contributed by atoms with Crippen molar-refractivity contribution in [3.63, 3.8) is 0 Å². The van der Waals surface area contributed by atoms with Crippen molar-refractivity contribution < 1.29 is 0 Å². The minimum absolute atomic E-state index is 0.397. The second-order valence-corrected chi connectivity index (χ2v) is 5.37. The van der Waals surface area contributed by atoms with E-state index in [0.717, 1.165) is 0 Å². The summed E-state index contributed by atoms with van der Waals surface area (Å²) >= 11 is 1.97. The second kappa shape index (κ2) is 4.07. The zero-order valence-corrected chi connectivity index (χ0v) is 10.00. The van der Waals surface area contributed by atoms with Crippen LogP contribution in [0.5, 0.6) is 0 Å². The van der Waals surface area contributed by atoms with Crippen LogP contribution in [0.1, 0.15) is 17.9 Å². The molecule has 1 aliphatic heterocycles. The van der Waals surface area contributed by atoms with Crippen molar-refractivity contribution in [2.24, 2.45) is 0 Å². The molecule has 1 aromatic heterocycles. The molecule has 82 valence electrons. The summed E-state index contributed by atoms with van der Waals surface area (Å²) in [7, 11) is 0. The first-order valence-corrected chi connectivity index (χ1v) is 6.60. The predicted octanol–water partition coefficient (Wildman–Crippen LogP) is 2.96. The van der Waals surface area contributed by atoms with Crippen molar-refractivity contribution in [3.05, 3.63) is 42.2 Å². The highest BCUT2D eigenvalue weighted by Crippen LogP contribution is 2.35. The van der Waals surface area contributed by atoms with Gasteiger partial charge in [0.15, 0.2) is 0 Å². The molecule has 1 saturated heterocycles. The highest BCUT2D eigenvalue weighted by molar-refractivity contribution is 7.99. The van der Waals surface area contributed by atoms with E-state index in [4.69, 9.17) is 0 Å². The Bertz CT molecular complexity index is 507. The smallest absolute Gasteiger partial charge is 0.0813 e. The van der Waals surface area contributed by atoms with E-state index in [0.29, 0.717) is 11.4 Å². The Morgan fingerprint density at radius 3 is 3.00 bits per heavy atom. The van der Waals surface area contributed by atoms with Crippen molar-refractivity contribution in [3.8, 4) is 0 Å². The van der Waals surface area contributed by atoms with Crippen LogP contribution in [0.25, 0.3) is 10.8 Å². The molecule has 16 heavy (non-hydrogen) atoms. The zero-order valence-electron chi connectivity index (χ0n) is 9.18. The average molecular weight is 230 g/mol. The minimum Gasteiger partial charge on any atom is -0.298 e.